The van der Waals surface area contributed by atoms with Crippen molar-refractivity contribution in [2.24, 2.45) is 5.73 Å². The molecule has 0 saturated carbocycles. The molecule has 15 heavy (non-hydrogen) atoms. The molecule has 0 atom stereocenters. The van der Waals surface area contributed by atoms with E-state index in [-0.39, 0.29) is 18.5 Å². The van der Waals surface area contributed by atoms with Gasteiger partial charge < -0.3 is 5.73 Å². The molecule has 0 aliphatic carbocycles. The molecule has 6 heteroatoms. The van der Waals surface area contributed by atoms with Gasteiger partial charge in [0.1, 0.15) is 0 Å². The quantitative estimate of drug-likeness (QED) is 0.867. The molecule has 0 aromatic carbocycles. The molecule has 0 amide bonds. The lowest BCUT2D eigenvalue weighted by Gasteiger charge is -2.10. The molecule has 3 nitrogen and oxygen atoms in total. The monoisotopic (exact) mass is 323 g/mol. The number of nitrogens with two attached hydrogens (primary N) is 1. The van der Waals surface area contributed by atoms with Gasteiger partial charge in [0.05, 0.1) is 18.2 Å². The van der Waals surface area contributed by atoms with Crippen molar-refractivity contribution < 1.29 is 8.78 Å². The summed E-state index contributed by atoms with van der Waals surface area (Å²) in [5, 5.41) is 8.51. The lowest BCUT2D eigenvalue weighted by atomic mass is 10.1. The minimum atomic E-state index is -2.58. The second-order valence-corrected chi connectivity index (χ2v) is 3.87. The Hall–Kier alpha value is -0.810. The van der Waals surface area contributed by atoms with Crippen LogP contribution in [-0.2, 0) is 13.0 Å². The van der Waals surface area contributed by atoms with Crippen LogP contribution >= 0.6 is 22.6 Å². The minimum Gasteiger partial charge on any atom is -0.326 e. The third kappa shape index (κ3) is 2.60. The summed E-state index contributed by atoms with van der Waals surface area (Å²) in [6.45, 7) is 0.0267. The number of hydrogen-bond acceptors (Lipinski definition) is 3. The number of nitrogens with zero attached hydrogens (tertiary/aromatic N) is 2. The normalized spacial score (nSPS) is 10.4. The Morgan fingerprint density at radius 2 is 2.27 bits per heavy atom. The summed E-state index contributed by atoms with van der Waals surface area (Å²) >= 11 is 1.90. The van der Waals surface area contributed by atoms with E-state index in [2.05, 4.69) is 4.98 Å². The van der Waals surface area contributed by atoms with Gasteiger partial charge in [0.2, 0.25) is 0 Å². The average Bonchev–Trinajstić information content (AvgIpc) is 2.20. The summed E-state index contributed by atoms with van der Waals surface area (Å²) in [6.07, 6.45) is -1.38. The van der Waals surface area contributed by atoms with E-state index in [4.69, 9.17) is 11.0 Å². The number of alkyl halides is 2. The minimum absolute atomic E-state index is 0.0267. The predicted octanol–water partition coefficient (Wildman–Crippen LogP) is 2.15. The molecule has 0 saturated heterocycles. The van der Waals surface area contributed by atoms with Crippen LogP contribution in [0.15, 0.2) is 6.20 Å². The number of pyridine rings is 1. The first kappa shape index (κ1) is 12.3. The van der Waals surface area contributed by atoms with E-state index >= 15 is 0 Å². The number of hydrogen-bond donors (Lipinski definition) is 1. The molecular weight excluding hydrogens is 315 g/mol. The van der Waals surface area contributed by atoms with Gasteiger partial charge in [0.25, 0.3) is 6.43 Å². The Bertz CT molecular complexity index is 401. The number of nitriles is 1. The van der Waals surface area contributed by atoms with E-state index in [9.17, 15) is 8.78 Å². The van der Waals surface area contributed by atoms with Crippen LogP contribution in [0.5, 0.6) is 0 Å². The van der Waals surface area contributed by atoms with Gasteiger partial charge in [-0.25, -0.2) is 8.78 Å². The fraction of sp³-hybridized carbons (Fsp3) is 0.333. The summed E-state index contributed by atoms with van der Waals surface area (Å²) < 4.78 is 25.7. The maximum Gasteiger partial charge on any atom is 0.265 e. The Morgan fingerprint density at radius 1 is 1.60 bits per heavy atom. The third-order valence-electron chi connectivity index (χ3n) is 1.91. The van der Waals surface area contributed by atoms with Crippen molar-refractivity contribution in [2.45, 2.75) is 19.4 Å². The van der Waals surface area contributed by atoms with E-state index < -0.39 is 6.43 Å². The molecule has 0 aliphatic rings. The molecule has 2 N–H and O–H groups in total. The number of aromatic nitrogens is 1. The van der Waals surface area contributed by atoms with Gasteiger partial charge in [-0.05, 0) is 28.2 Å². The zero-order chi connectivity index (χ0) is 11.4. The predicted molar refractivity (Wildman–Crippen MR) is 59.1 cm³/mol. The molecule has 0 bridgehead atoms. The second kappa shape index (κ2) is 5.32. The Balaban J connectivity index is 3.27. The number of halogens is 3. The van der Waals surface area contributed by atoms with Gasteiger partial charge in [0.15, 0.2) is 0 Å². The first-order valence-electron chi connectivity index (χ1n) is 4.13. The molecule has 1 heterocycles. The zero-order valence-electron chi connectivity index (χ0n) is 7.67. The molecule has 0 unspecified atom stereocenters. The first-order valence-corrected chi connectivity index (χ1v) is 5.21. The van der Waals surface area contributed by atoms with Crippen LogP contribution < -0.4 is 5.73 Å². The average molecular weight is 323 g/mol. The zero-order valence-corrected chi connectivity index (χ0v) is 9.83. The summed E-state index contributed by atoms with van der Waals surface area (Å²) in [5.74, 6) is 0. The van der Waals surface area contributed by atoms with E-state index in [0.717, 1.165) is 6.20 Å². The van der Waals surface area contributed by atoms with Crippen molar-refractivity contribution in [3.05, 3.63) is 26.6 Å². The van der Waals surface area contributed by atoms with E-state index in [1.54, 1.807) is 0 Å². The summed E-state index contributed by atoms with van der Waals surface area (Å²) in [5.41, 5.74) is 6.14. The highest BCUT2D eigenvalue weighted by molar-refractivity contribution is 14.1. The van der Waals surface area contributed by atoms with Gasteiger partial charge in [0, 0.05) is 21.9 Å². The summed E-state index contributed by atoms with van der Waals surface area (Å²) in [4.78, 5) is 3.83. The highest BCUT2D eigenvalue weighted by atomic mass is 127. The molecule has 1 aromatic heterocycles. The van der Waals surface area contributed by atoms with E-state index in [0.29, 0.717) is 14.8 Å². The van der Waals surface area contributed by atoms with Crippen molar-refractivity contribution in [3.63, 3.8) is 0 Å². The van der Waals surface area contributed by atoms with Crippen LogP contribution in [-0.4, -0.2) is 4.98 Å². The molecule has 1 rings (SSSR count). The second-order valence-electron chi connectivity index (χ2n) is 2.79. The highest BCUT2D eigenvalue weighted by Crippen LogP contribution is 2.27. The van der Waals surface area contributed by atoms with Gasteiger partial charge >= 0.3 is 0 Å². The summed E-state index contributed by atoms with van der Waals surface area (Å²) in [7, 11) is 0. The summed E-state index contributed by atoms with van der Waals surface area (Å²) in [6, 6.07) is 1.93. The molecule has 0 spiro atoms. The van der Waals surface area contributed by atoms with Gasteiger partial charge in [-0.1, -0.05) is 0 Å². The van der Waals surface area contributed by atoms with Gasteiger partial charge in [-0.15, -0.1) is 0 Å². The largest absolute Gasteiger partial charge is 0.326 e. The van der Waals surface area contributed by atoms with E-state index in [1.165, 1.54) is 0 Å². The van der Waals surface area contributed by atoms with Crippen LogP contribution in [0, 0.1) is 14.9 Å². The Kier molecular flexibility index (Phi) is 4.35. The Labute approximate surface area is 99.4 Å². The fourth-order valence-corrected chi connectivity index (χ4v) is 2.04. The smallest absolute Gasteiger partial charge is 0.265 e. The van der Waals surface area contributed by atoms with Crippen molar-refractivity contribution in [1.82, 2.24) is 4.98 Å². The Morgan fingerprint density at radius 3 is 2.73 bits per heavy atom. The lowest BCUT2D eigenvalue weighted by Crippen LogP contribution is -2.09. The van der Waals surface area contributed by atoms with Crippen LogP contribution in [0.3, 0.4) is 0 Å². The fourth-order valence-electron chi connectivity index (χ4n) is 1.18. The first-order chi connectivity index (χ1) is 7.11. The van der Waals surface area contributed by atoms with Crippen LogP contribution in [0.2, 0.25) is 0 Å². The highest BCUT2D eigenvalue weighted by Gasteiger charge is 2.17. The van der Waals surface area contributed by atoms with Crippen molar-refractivity contribution >= 4 is 22.6 Å². The van der Waals surface area contributed by atoms with Gasteiger partial charge in [-0.3, -0.25) is 4.98 Å². The molecule has 0 aliphatic heterocycles. The van der Waals surface area contributed by atoms with Crippen LogP contribution in [0.4, 0.5) is 8.78 Å². The SMILES string of the molecule is N#CCc1ncc(C(F)F)c(CN)c1I. The third-order valence-corrected chi connectivity index (χ3v) is 3.19. The maximum atomic E-state index is 12.5. The molecule has 80 valence electrons. The van der Waals surface area contributed by atoms with Crippen molar-refractivity contribution in [1.29, 1.82) is 5.26 Å². The molecular formula is C9H8F2IN3. The van der Waals surface area contributed by atoms with Gasteiger partial charge in [-0.2, -0.15) is 5.26 Å². The van der Waals surface area contributed by atoms with Crippen molar-refractivity contribution in [3.8, 4) is 6.07 Å². The number of rotatable bonds is 3. The molecule has 0 radical (unpaired) electrons. The van der Waals surface area contributed by atoms with Crippen LogP contribution in [0.1, 0.15) is 23.2 Å². The maximum absolute atomic E-state index is 12.5. The molecule has 1 aromatic rings. The van der Waals surface area contributed by atoms with E-state index in [1.807, 2.05) is 28.7 Å². The topological polar surface area (TPSA) is 62.7 Å². The molecule has 0 fully saturated rings. The van der Waals surface area contributed by atoms with Crippen molar-refractivity contribution in [2.75, 3.05) is 0 Å². The standard InChI is InChI=1S/C9H8F2IN3/c10-9(11)6-4-15-7(1-2-13)8(12)5(6)3-14/h4,9H,1,3,14H2. The lowest BCUT2D eigenvalue weighted by molar-refractivity contribution is 0.149. The van der Waals surface area contributed by atoms with Crippen LogP contribution in [0.25, 0.3) is 0 Å².